The third-order valence-corrected chi connectivity index (χ3v) is 5.31. The number of carbonyl (C=O) groups is 3. The second-order valence-corrected chi connectivity index (χ2v) is 7.04. The van der Waals surface area contributed by atoms with Gasteiger partial charge in [0.15, 0.2) is 6.04 Å². The van der Waals surface area contributed by atoms with Crippen molar-refractivity contribution < 1.29 is 28.6 Å². The topological polar surface area (TPSA) is 82.1 Å². The van der Waals surface area contributed by atoms with Crippen LogP contribution < -0.4 is 4.90 Å². The lowest BCUT2D eigenvalue weighted by Crippen LogP contribution is -2.42. The first-order chi connectivity index (χ1) is 15.0. The van der Waals surface area contributed by atoms with Crippen LogP contribution in [-0.4, -0.2) is 44.8 Å². The van der Waals surface area contributed by atoms with E-state index in [4.69, 9.17) is 25.8 Å². The maximum Gasteiger partial charge on any atom is 0.337 e. The summed E-state index contributed by atoms with van der Waals surface area (Å²) in [6.45, 7) is 1.75. The molecule has 0 aliphatic carbocycles. The third-order valence-electron chi connectivity index (χ3n) is 4.97. The Labute approximate surface area is 185 Å². The Bertz CT molecular complexity index is 1020. The summed E-state index contributed by atoms with van der Waals surface area (Å²) in [6, 6.07) is 13.7. The van der Waals surface area contributed by atoms with Crippen molar-refractivity contribution in [3.05, 3.63) is 76.3 Å². The van der Waals surface area contributed by atoms with Crippen molar-refractivity contribution in [1.82, 2.24) is 0 Å². The van der Waals surface area contributed by atoms with Crippen LogP contribution in [0.1, 0.15) is 18.5 Å². The molecular weight excluding hydrogens is 422 g/mol. The zero-order valence-corrected chi connectivity index (χ0v) is 18.1. The van der Waals surface area contributed by atoms with Gasteiger partial charge < -0.3 is 19.1 Å². The fraction of sp³-hybridized carbons (Fsp3) is 0.261. The van der Waals surface area contributed by atoms with Crippen LogP contribution in [0.25, 0.3) is 0 Å². The number of ether oxygens (including phenoxy) is 3. The van der Waals surface area contributed by atoms with Crippen molar-refractivity contribution in [2.45, 2.75) is 19.0 Å². The summed E-state index contributed by atoms with van der Waals surface area (Å²) >= 11 is 6.49. The summed E-state index contributed by atoms with van der Waals surface area (Å²) in [5, 5.41) is 0.364. The predicted octanol–water partition coefficient (Wildman–Crippen LogP) is 3.48. The number of hydrogen-bond acceptors (Lipinski definition) is 7. The van der Waals surface area contributed by atoms with Gasteiger partial charge in [-0.05, 0) is 30.7 Å². The number of methoxy groups -OCH3 is 2. The van der Waals surface area contributed by atoms with E-state index in [0.29, 0.717) is 16.3 Å². The van der Waals surface area contributed by atoms with Gasteiger partial charge in [0.05, 0.1) is 38.0 Å². The van der Waals surface area contributed by atoms with Gasteiger partial charge in [-0.15, -0.1) is 0 Å². The average molecular weight is 444 g/mol. The smallest absolute Gasteiger partial charge is 0.337 e. The van der Waals surface area contributed by atoms with E-state index in [1.54, 1.807) is 60.4 Å². The first-order valence-electron chi connectivity index (χ1n) is 9.61. The highest BCUT2D eigenvalue weighted by molar-refractivity contribution is 6.31. The normalized spacial score (nSPS) is 18.0. The summed E-state index contributed by atoms with van der Waals surface area (Å²) in [6.07, 6.45) is 0. The van der Waals surface area contributed by atoms with Gasteiger partial charge in [0, 0.05) is 10.7 Å². The molecule has 162 valence electrons. The molecule has 0 amide bonds. The Hall–Kier alpha value is -3.32. The Balaban J connectivity index is 2.37. The van der Waals surface area contributed by atoms with Gasteiger partial charge in [0.25, 0.3) is 0 Å². The Morgan fingerprint density at radius 1 is 0.903 bits per heavy atom. The van der Waals surface area contributed by atoms with Crippen molar-refractivity contribution in [2.24, 2.45) is 0 Å². The van der Waals surface area contributed by atoms with Crippen LogP contribution >= 0.6 is 11.6 Å². The first kappa shape index (κ1) is 22.4. The Kier molecular flexibility index (Phi) is 6.97. The van der Waals surface area contributed by atoms with E-state index >= 15 is 0 Å². The number of anilines is 1. The second kappa shape index (κ2) is 9.66. The van der Waals surface area contributed by atoms with E-state index in [1.165, 1.54) is 14.2 Å². The standard InChI is InChI=1S/C23H22ClNO6/c1-4-31-23(28)20-18(22(27)30-3)17(21(26)29-2)19(15-12-8-9-13-16(15)24)25(20)14-10-6-5-7-11-14/h5-13,19-20H,4H2,1-3H3/t19-,20+/m1/s1. The van der Waals surface area contributed by atoms with Crippen LogP contribution in [0.3, 0.4) is 0 Å². The zero-order chi connectivity index (χ0) is 22.5. The van der Waals surface area contributed by atoms with Crippen molar-refractivity contribution in [3.63, 3.8) is 0 Å². The summed E-state index contributed by atoms with van der Waals surface area (Å²) in [7, 11) is 2.39. The van der Waals surface area contributed by atoms with Gasteiger partial charge in [0.2, 0.25) is 0 Å². The van der Waals surface area contributed by atoms with Gasteiger partial charge in [-0.25, -0.2) is 14.4 Å². The largest absolute Gasteiger partial charge is 0.466 e. The van der Waals surface area contributed by atoms with Gasteiger partial charge in [-0.2, -0.15) is 0 Å². The number of benzene rings is 2. The molecule has 3 rings (SSSR count). The van der Waals surface area contributed by atoms with E-state index in [-0.39, 0.29) is 17.8 Å². The first-order valence-corrected chi connectivity index (χ1v) is 9.99. The molecule has 7 nitrogen and oxygen atoms in total. The van der Waals surface area contributed by atoms with Crippen LogP contribution in [0.5, 0.6) is 0 Å². The highest BCUT2D eigenvalue weighted by Gasteiger charge is 2.52. The molecule has 1 aliphatic rings. The molecule has 8 heteroatoms. The molecule has 0 unspecified atom stereocenters. The van der Waals surface area contributed by atoms with Crippen LogP contribution in [0.4, 0.5) is 5.69 Å². The summed E-state index contributed by atoms with van der Waals surface area (Å²) in [4.78, 5) is 40.5. The molecule has 2 aromatic carbocycles. The number of nitrogens with zero attached hydrogens (tertiary/aromatic N) is 1. The van der Waals surface area contributed by atoms with Crippen molar-refractivity contribution in [1.29, 1.82) is 0 Å². The van der Waals surface area contributed by atoms with Gasteiger partial charge in [0.1, 0.15) is 0 Å². The quantitative estimate of drug-likeness (QED) is 0.499. The third kappa shape index (κ3) is 4.14. The minimum Gasteiger partial charge on any atom is -0.466 e. The monoisotopic (exact) mass is 443 g/mol. The molecule has 2 aromatic rings. The molecule has 0 N–H and O–H groups in total. The fourth-order valence-corrected chi connectivity index (χ4v) is 3.98. The van der Waals surface area contributed by atoms with Crippen LogP contribution in [0.15, 0.2) is 65.7 Å². The van der Waals surface area contributed by atoms with Gasteiger partial charge >= 0.3 is 17.9 Å². The summed E-state index contributed by atoms with van der Waals surface area (Å²) in [5.74, 6) is -2.28. The van der Waals surface area contributed by atoms with Gasteiger partial charge in [-0.1, -0.05) is 48.0 Å². The SMILES string of the molecule is CCOC(=O)[C@@H]1C(C(=O)OC)=C(C(=O)OC)[C@@H](c2ccccc2Cl)N1c1ccccc1. The molecule has 2 atom stereocenters. The molecule has 0 saturated carbocycles. The van der Waals surface area contributed by atoms with Crippen LogP contribution in [0.2, 0.25) is 5.02 Å². The number of halogens is 1. The summed E-state index contributed by atoms with van der Waals surface area (Å²) in [5.41, 5.74) is 0.957. The van der Waals surface area contributed by atoms with E-state index in [9.17, 15) is 14.4 Å². The highest BCUT2D eigenvalue weighted by Crippen LogP contribution is 2.46. The lowest BCUT2D eigenvalue weighted by Gasteiger charge is -2.33. The number of esters is 3. The van der Waals surface area contributed by atoms with Crippen molar-refractivity contribution in [3.8, 4) is 0 Å². The number of para-hydroxylation sites is 1. The number of hydrogen-bond donors (Lipinski definition) is 0. The summed E-state index contributed by atoms with van der Waals surface area (Å²) < 4.78 is 15.2. The molecule has 0 spiro atoms. The Morgan fingerprint density at radius 3 is 2.06 bits per heavy atom. The molecule has 31 heavy (non-hydrogen) atoms. The lowest BCUT2D eigenvalue weighted by molar-refractivity contribution is -0.146. The van der Waals surface area contributed by atoms with Crippen molar-refractivity contribution in [2.75, 3.05) is 25.7 Å². The molecule has 0 radical (unpaired) electrons. The average Bonchev–Trinajstić information content (AvgIpc) is 3.15. The van der Waals surface area contributed by atoms with Gasteiger partial charge in [-0.3, -0.25) is 0 Å². The van der Waals surface area contributed by atoms with Crippen LogP contribution in [-0.2, 0) is 28.6 Å². The van der Waals surface area contributed by atoms with E-state index in [2.05, 4.69) is 0 Å². The van der Waals surface area contributed by atoms with E-state index in [1.807, 2.05) is 6.07 Å². The predicted molar refractivity (Wildman–Crippen MR) is 115 cm³/mol. The molecule has 0 fully saturated rings. The molecule has 1 aliphatic heterocycles. The molecular formula is C23H22ClNO6. The minimum absolute atomic E-state index is 0.0237. The zero-order valence-electron chi connectivity index (χ0n) is 17.3. The molecule has 1 heterocycles. The molecule has 0 saturated heterocycles. The Morgan fingerprint density at radius 2 is 1.48 bits per heavy atom. The van der Waals surface area contributed by atoms with E-state index in [0.717, 1.165) is 0 Å². The molecule has 0 bridgehead atoms. The highest BCUT2D eigenvalue weighted by atomic mass is 35.5. The lowest BCUT2D eigenvalue weighted by atomic mass is 9.96. The maximum atomic E-state index is 13.1. The fourth-order valence-electron chi connectivity index (χ4n) is 3.74. The maximum absolute atomic E-state index is 13.1. The number of rotatable bonds is 6. The van der Waals surface area contributed by atoms with Crippen LogP contribution in [0, 0.1) is 0 Å². The number of carbonyl (C=O) groups excluding carboxylic acids is 3. The molecule has 0 aromatic heterocycles. The minimum atomic E-state index is -1.23. The van der Waals surface area contributed by atoms with Crippen molar-refractivity contribution >= 4 is 35.2 Å². The van der Waals surface area contributed by atoms with E-state index < -0.39 is 30.0 Å². The second-order valence-electron chi connectivity index (χ2n) is 6.63.